The second kappa shape index (κ2) is 8.55. The maximum atomic E-state index is 12.9. The van der Waals surface area contributed by atoms with Crippen molar-refractivity contribution < 1.29 is 14.3 Å². The molecule has 3 rings (SSSR count). The van der Waals surface area contributed by atoms with Gasteiger partial charge >= 0.3 is 0 Å². The van der Waals surface area contributed by atoms with Gasteiger partial charge in [-0.2, -0.15) is 0 Å². The molecule has 0 N–H and O–H groups in total. The quantitative estimate of drug-likeness (QED) is 0.638. The zero-order valence-corrected chi connectivity index (χ0v) is 15.4. The molecule has 0 radical (unpaired) electrons. The Bertz CT molecular complexity index is 850. The molecule has 0 fully saturated rings. The van der Waals surface area contributed by atoms with Crippen molar-refractivity contribution in [3.63, 3.8) is 0 Å². The molecule has 0 saturated carbocycles. The fraction of sp³-hybridized carbons (Fsp3) is 0.211. The molecule has 134 valence electrons. The Balaban J connectivity index is 1.87. The largest absolute Gasteiger partial charge is 0.497 e. The minimum absolute atomic E-state index is 0.147. The van der Waals surface area contributed by atoms with E-state index in [1.54, 1.807) is 43.6 Å². The van der Waals surface area contributed by atoms with Crippen LogP contribution in [-0.4, -0.2) is 43.2 Å². The number of thiazole rings is 1. The van der Waals surface area contributed by atoms with Crippen LogP contribution in [0.5, 0.6) is 5.75 Å². The smallest absolute Gasteiger partial charge is 0.261 e. The number of anilines is 1. The number of benzene rings is 1. The molecule has 3 aromatic rings. The van der Waals surface area contributed by atoms with Gasteiger partial charge in [0.25, 0.3) is 5.91 Å². The third kappa shape index (κ3) is 4.07. The molecule has 7 heteroatoms. The summed E-state index contributed by atoms with van der Waals surface area (Å²) in [5.74, 6) is 0.642. The Morgan fingerprint density at radius 3 is 2.65 bits per heavy atom. The number of rotatable bonds is 7. The first-order valence-corrected chi connectivity index (χ1v) is 8.91. The van der Waals surface area contributed by atoms with Gasteiger partial charge in [-0.25, -0.2) is 4.98 Å². The van der Waals surface area contributed by atoms with Crippen molar-refractivity contribution in [3.05, 3.63) is 59.7 Å². The summed E-state index contributed by atoms with van der Waals surface area (Å²) < 4.78 is 10.3. The third-order valence-electron chi connectivity index (χ3n) is 3.78. The number of ether oxygens (including phenoxy) is 2. The van der Waals surface area contributed by atoms with Gasteiger partial charge in [-0.15, -0.1) is 11.3 Å². The minimum Gasteiger partial charge on any atom is -0.497 e. The number of amides is 1. The number of aromatic nitrogens is 2. The number of nitrogens with zero attached hydrogens (tertiary/aromatic N) is 3. The summed E-state index contributed by atoms with van der Waals surface area (Å²) >= 11 is 1.42. The van der Waals surface area contributed by atoms with Crippen molar-refractivity contribution >= 4 is 22.4 Å². The lowest BCUT2D eigenvalue weighted by Gasteiger charge is -2.19. The molecule has 0 unspecified atom stereocenters. The van der Waals surface area contributed by atoms with Gasteiger partial charge in [-0.3, -0.25) is 14.7 Å². The Hall–Kier alpha value is -2.77. The van der Waals surface area contributed by atoms with Gasteiger partial charge in [0.15, 0.2) is 5.13 Å². The Labute approximate surface area is 156 Å². The highest BCUT2D eigenvalue weighted by atomic mass is 32.1. The maximum Gasteiger partial charge on any atom is 0.261 e. The van der Waals surface area contributed by atoms with E-state index in [1.165, 1.54) is 11.3 Å². The van der Waals surface area contributed by atoms with Gasteiger partial charge < -0.3 is 9.47 Å². The van der Waals surface area contributed by atoms with Crippen LogP contribution in [0.4, 0.5) is 5.13 Å². The monoisotopic (exact) mass is 369 g/mol. The van der Waals surface area contributed by atoms with Crippen LogP contribution in [0.25, 0.3) is 11.3 Å². The van der Waals surface area contributed by atoms with E-state index in [1.807, 2.05) is 29.6 Å². The van der Waals surface area contributed by atoms with E-state index >= 15 is 0 Å². The minimum atomic E-state index is -0.147. The van der Waals surface area contributed by atoms with E-state index in [4.69, 9.17) is 9.47 Å². The van der Waals surface area contributed by atoms with Crippen LogP contribution in [0.3, 0.4) is 0 Å². The summed E-state index contributed by atoms with van der Waals surface area (Å²) in [4.78, 5) is 23.2. The molecule has 0 aliphatic heterocycles. The number of carbonyl (C=O) groups is 1. The van der Waals surface area contributed by atoms with Gasteiger partial charge in [0.05, 0.1) is 31.5 Å². The van der Waals surface area contributed by atoms with Gasteiger partial charge in [-0.1, -0.05) is 0 Å². The van der Waals surface area contributed by atoms with Crippen LogP contribution < -0.4 is 9.64 Å². The molecule has 1 amide bonds. The van der Waals surface area contributed by atoms with E-state index in [0.717, 1.165) is 17.0 Å². The molecule has 0 bridgehead atoms. The molecule has 0 atom stereocenters. The lowest BCUT2D eigenvalue weighted by atomic mass is 10.2. The molecule has 1 aromatic carbocycles. The number of hydrogen-bond acceptors (Lipinski definition) is 6. The SMILES string of the molecule is COCCN(C(=O)c1cccnc1)c1nc(-c2ccc(OC)cc2)cs1. The van der Waals surface area contributed by atoms with Crippen LogP contribution in [0, 0.1) is 0 Å². The summed E-state index contributed by atoms with van der Waals surface area (Å²) in [5.41, 5.74) is 2.30. The van der Waals surface area contributed by atoms with Gasteiger partial charge in [-0.05, 0) is 36.4 Å². The first-order valence-electron chi connectivity index (χ1n) is 8.03. The van der Waals surface area contributed by atoms with Crippen LogP contribution in [0.1, 0.15) is 10.4 Å². The van der Waals surface area contributed by atoms with E-state index in [-0.39, 0.29) is 5.91 Å². The fourth-order valence-electron chi connectivity index (χ4n) is 2.39. The molecule has 2 aromatic heterocycles. The highest BCUT2D eigenvalue weighted by Gasteiger charge is 2.21. The van der Waals surface area contributed by atoms with Crippen LogP contribution in [-0.2, 0) is 4.74 Å². The highest BCUT2D eigenvalue weighted by molar-refractivity contribution is 7.14. The molecule has 2 heterocycles. The lowest BCUT2D eigenvalue weighted by Crippen LogP contribution is -2.33. The Morgan fingerprint density at radius 1 is 1.19 bits per heavy atom. The normalized spacial score (nSPS) is 10.5. The van der Waals surface area contributed by atoms with Crippen molar-refractivity contribution in [1.82, 2.24) is 9.97 Å². The fourth-order valence-corrected chi connectivity index (χ4v) is 3.25. The number of pyridine rings is 1. The van der Waals surface area contributed by atoms with Crippen molar-refractivity contribution in [1.29, 1.82) is 0 Å². The van der Waals surface area contributed by atoms with Crippen LogP contribution in [0.15, 0.2) is 54.2 Å². The molecule has 0 aliphatic rings. The average molecular weight is 369 g/mol. The molecule has 0 spiro atoms. The van der Waals surface area contributed by atoms with Crippen molar-refractivity contribution in [2.45, 2.75) is 0 Å². The zero-order valence-electron chi connectivity index (χ0n) is 14.6. The Kier molecular flexibility index (Phi) is 5.93. The third-order valence-corrected chi connectivity index (χ3v) is 4.65. The summed E-state index contributed by atoms with van der Waals surface area (Å²) in [6, 6.07) is 11.1. The van der Waals surface area contributed by atoms with E-state index < -0.39 is 0 Å². The maximum absolute atomic E-state index is 12.9. The average Bonchev–Trinajstić information content (AvgIpc) is 3.19. The summed E-state index contributed by atoms with van der Waals surface area (Å²) in [6.45, 7) is 0.837. The van der Waals surface area contributed by atoms with E-state index in [9.17, 15) is 4.79 Å². The van der Waals surface area contributed by atoms with Gasteiger partial charge in [0, 0.05) is 30.4 Å². The number of methoxy groups -OCH3 is 2. The standard InChI is InChI=1S/C19H19N3O3S/c1-24-11-10-22(18(23)15-4-3-9-20-12-15)19-21-17(13-26-19)14-5-7-16(25-2)8-6-14/h3-9,12-13H,10-11H2,1-2H3. The second-order valence-corrected chi connectivity index (χ2v) is 6.27. The topological polar surface area (TPSA) is 64.5 Å². The number of carbonyl (C=O) groups excluding carboxylic acids is 1. The van der Waals surface area contributed by atoms with Crippen molar-refractivity contribution in [2.24, 2.45) is 0 Å². The molecular weight excluding hydrogens is 350 g/mol. The van der Waals surface area contributed by atoms with Gasteiger partial charge in [0.2, 0.25) is 0 Å². The second-order valence-electron chi connectivity index (χ2n) is 5.44. The van der Waals surface area contributed by atoms with Crippen LogP contribution in [0.2, 0.25) is 0 Å². The number of hydrogen-bond donors (Lipinski definition) is 0. The van der Waals surface area contributed by atoms with E-state index in [2.05, 4.69) is 9.97 Å². The Morgan fingerprint density at radius 2 is 2.00 bits per heavy atom. The molecule has 0 aliphatic carbocycles. The molecule has 6 nitrogen and oxygen atoms in total. The first kappa shape index (κ1) is 18.0. The summed E-state index contributed by atoms with van der Waals surface area (Å²) in [6.07, 6.45) is 3.20. The van der Waals surface area contributed by atoms with Gasteiger partial charge in [0.1, 0.15) is 5.75 Å². The highest BCUT2D eigenvalue weighted by Crippen LogP contribution is 2.29. The first-order chi connectivity index (χ1) is 12.7. The summed E-state index contributed by atoms with van der Waals surface area (Å²) in [5, 5.41) is 2.56. The summed E-state index contributed by atoms with van der Waals surface area (Å²) in [7, 11) is 3.24. The van der Waals surface area contributed by atoms with Crippen molar-refractivity contribution in [3.8, 4) is 17.0 Å². The molecule has 26 heavy (non-hydrogen) atoms. The molecule has 0 saturated heterocycles. The molecular formula is C19H19N3O3S. The predicted molar refractivity (Wildman–Crippen MR) is 102 cm³/mol. The lowest BCUT2D eigenvalue weighted by molar-refractivity contribution is 0.0975. The predicted octanol–water partition coefficient (Wildman–Crippen LogP) is 3.51. The zero-order chi connectivity index (χ0) is 18.4. The van der Waals surface area contributed by atoms with Crippen molar-refractivity contribution in [2.75, 3.05) is 32.3 Å². The van der Waals surface area contributed by atoms with Crippen LogP contribution >= 0.6 is 11.3 Å². The van der Waals surface area contributed by atoms with E-state index in [0.29, 0.717) is 23.8 Å².